The van der Waals surface area contributed by atoms with Crippen molar-refractivity contribution in [1.82, 2.24) is 10.3 Å². The van der Waals surface area contributed by atoms with Crippen molar-refractivity contribution in [1.29, 1.82) is 5.26 Å². The summed E-state index contributed by atoms with van der Waals surface area (Å²) in [4.78, 5) is 17.3. The number of aromatic nitrogens is 1. The van der Waals surface area contributed by atoms with Crippen LogP contribution in [0.15, 0.2) is 41.4 Å². The average Bonchev–Trinajstić information content (AvgIpc) is 2.70. The number of nitrogens with one attached hydrogen (secondary N) is 1. The Morgan fingerprint density at radius 1 is 1.25 bits per heavy atom. The molecule has 1 amide bonds. The van der Waals surface area contributed by atoms with Gasteiger partial charge >= 0.3 is 0 Å². The van der Waals surface area contributed by atoms with E-state index in [0.717, 1.165) is 23.4 Å². The fraction of sp³-hybridized carbons (Fsp3) is 0.409. The van der Waals surface area contributed by atoms with Gasteiger partial charge in [0, 0.05) is 12.2 Å². The van der Waals surface area contributed by atoms with Crippen molar-refractivity contribution in [3.63, 3.8) is 0 Å². The molecule has 1 unspecified atom stereocenters. The molecule has 5 nitrogen and oxygen atoms in total. The summed E-state index contributed by atoms with van der Waals surface area (Å²) in [6.07, 6.45) is 1.50. The first kappa shape index (κ1) is 21.8. The molecule has 1 aromatic heterocycles. The van der Waals surface area contributed by atoms with Gasteiger partial charge in [0.15, 0.2) is 0 Å². The fourth-order valence-electron chi connectivity index (χ4n) is 2.69. The van der Waals surface area contributed by atoms with Gasteiger partial charge in [-0.25, -0.2) is 4.98 Å². The highest BCUT2D eigenvalue weighted by Gasteiger charge is 2.20. The zero-order chi connectivity index (χ0) is 20.5. The van der Waals surface area contributed by atoms with Crippen LogP contribution in [0.3, 0.4) is 0 Å². The van der Waals surface area contributed by atoms with Crippen molar-refractivity contribution in [2.24, 2.45) is 5.92 Å². The van der Waals surface area contributed by atoms with E-state index in [-0.39, 0.29) is 11.2 Å². The van der Waals surface area contributed by atoms with Crippen molar-refractivity contribution < 1.29 is 9.53 Å². The van der Waals surface area contributed by atoms with Gasteiger partial charge in [0.25, 0.3) is 0 Å². The molecule has 1 heterocycles. The number of thioether (sulfide) groups is 1. The number of ether oxygens (including phenoxy) is 1. The van der Waals surface area contributed by atoms with Crippen LogP contribution in [0.5, 0.6) is 5.75 Å². The van der Waals surface area contributed by atoms with Gasteiger partial charge in [0.1, 0.15) is 16.8 Å². The molecule has 6 heteroatoms. The molecule has 0 saturated carbocycles. The minimum atomic E-state index is -0.299. The number of benzene rings is 1. The molecular formula is C22H27N3O2S. The molecule has 0 fully saturated rings. The number of methoxy groups -OCH3 is 1. The van der Waals surface area contributed by atoms with Crippen LogP contribution in [0.1, 0.15) is 44.0 Å². The van der Waals surface area contributed by atoms with E-state index in [9.17, 15) is 10.1 Å². The molecule has 0 aliphatic rings. The predicted molar refractivity (Wildman–Crippen MR) is 112 cm³/mol. The van der Waals surface area contributed by atoms with Crippen LogP contribution in [-0.2, 0) is 17.8 Å². The van der Waals surface area contributed by atoms with E-state index < -0.39 is 0 Å². The number of nitriles is 1. The summed E-state index contributed by atoms with van der Waals surface area (Å²) >= 11 is 1.36. The standard InChI is InChI=1S/C22H27N3O2S/c1-5-20(21(26)24-14-16-6-10-19(27-4)11-7-16)28-22-17(13-23)8-9-18(25-22)12-15(2)3/h6-11,15,20H,5,12,14H2,1-4H3,(H,24,26). The molecule has 2 aromatic rings. The summed E-state index contributed by atoms with van der Waals surface area (Å²) in [5.74, 6) is 1.21. The third-order valence-corrected chi connectivity index (χ3v) is 5.57. The van der Waals surface area contributed by atoms with E-state index in [1.54, 1.807) is 13.2 Å². The van der Waals surface area contributed by atoms with E-state index in [2.05, 4.69) is 30.2 Å². The van der Waals surface area contributed by atoms with E-state index in [4.69, 9.17) is 4.74 Å². The van der Waals surface area contributed by atoms with Crippen molar-refractivity contribution in [3.05, 3.63) is 53.2 Å². The van der Waals surface area contributed by atoms with Gasteiger partial charge in [0.2, 0.25) is 5.91 Å². The van der Waals surface area contributed by atoms with Crippen LogP contribution in [0.25, 0.3) is 0 Å². The summed E-state index contributed by atoms with van der Waals surface area (Å²) in [6.45, 7) is 6.68. The van der Waals surface area contributed by atoms with Crippen molar-refractivity contribution >= 4 is 17.7 Å². The second-order valence-electron chi connectivity index (χ2n) is 6.95. The molecular weight excluding hydrogens is 370 g/mol. The highest BCUT2D eigenvalue weighted by atomic mass is 32.2. The number of rotatable bonds is 9. The Morgan fingerprint density at radius 3 is 2.54 bits per heavy atom. The largest absolute Gasteiger partial charge is 0.497 e. The Bertz CT molecular complexity index is 829. The zero-order valence-corrected chi connectivity index (χ0v) is 17.7. The normalized spacial score (nSPS) is 11.7. The first-order chi connectivity index (χ1) is 13.5. The summed E-state index contributed by atoms with van der Waals surface area (Å²) in [6, 6.07) is 13.5. The summed E-state index contributed by atoms with van der Waals surface area (Å²) in [5.41, 5.74) is 2.47. The number of nitrogens with zero attached hydrogens (tertiary/aromatic N) is 2. The van der Waals surface area contributed by atoms with Gasteiger partial charge in [-0.15, -0.1) is 0 Å². The molecule has 0 aliphatic carbocycles. The summed E-state index contributed by atoms with van der Waals surface area (Å²) in [5, 5.41) is 12.7. The lowest BCUT2D eigenvalue weighted by molar-refractivity contribution is -0.120. The van der Waals surface area contributed by atoms with Crippen molar-refractivity contribution in [3.8, 4) is 11.8 Å². The highest BCUT2D eigenvalue weighted by Crippen LogP contribution is 2.28. The minimum absolute atomic E-state index is 0.0525. The van der Waals surface area contributed by atoms with Gasteiger partial charge in [0.05, 0.1) is 17.9 Å². The quantitative estimate of drug-likeness (QED) is 0.637. The van der Waals surface area contributed by atoms with E-state index in [1.165, 1.54) is 11.8 Å². The first-order valence-electron chi connectivity index (χ1n) is 9.44. The number of pyridine rings is 1. The first-order valence-corrected chi connectivity index (χ1v) is 10.3. The lowest BCUT2D eigenvalue weighted by Crippen LogP contribution is -2.32. The van der Waals surface area contributed by atoms with Crippen molar-refractivity contribution in [2.45, 2.75) is 50.4 Å². The maximum atomic E-state index is 12.7. The van der Waals surface area contributed by atoms with Crippen LogP contribution >= 0.6 is 11.8 Å². The van der Waals surface area contributed by atoms with E-state index >= 15 is 0 Å². The third kappa shape index (κ3) is 6.28. The van der Waals surface area contributed by atoms with E-state index in [1.807, 2.05) is 37.3 Å². The second-order valence-corrected chi connectivity index (χ2v) is 8.14. The Morgan fingerprint density at radius 2 is 1.96 bits per heavy atom. The average molecular weight is 398 g/mol. The van der Waals surface area contributed by atoms with Crippen LogP contribution in [0.4, 0.5) is 0 Å². The molecule has 0 aliphatic heterocycles. The fourth-order valence-corrected chi connectivity index (χ4v) is 3.73. The van der Waals surface area contributed by atoms with E-state index in [0.29, 0.717) is 29.5 Å². The molecule has 28 heavy (non-hydrogen) atoms. The highest BCUT2D eigenvalue weighted by molar-refractivity contribution is 8.00. The Hall–Kier alpha value is -2.52. The Balaban J connectivity index is 2.05. The molecule has 2 rings (SSSR count). The van der Waals surface area contributed by atoms with Crippen LogP contribution < -0.4 is 10.1 Å². The summed E-state index contributed by atoms with van der Waals surface area (Å²) < 4.78 is 5.15. The lowest BCUT2D eigenvalue weighted by Gasteiger charge is -2.16. The number of carbonyl (C=O) groups is 1. The number of hydrogen-bond acceptors (Lipinski definition) is 5. The smallest absolute Gasteiger partial charge is 0.233 e. The number of amides is 1. The van der Waals surface area contributed by atoms with Gasteiger partial charge in [-0.2, -0.15) is 5.26 Å². The maximum Gasteiger partial charge on any atom is 0.233 e. The molecule has 0 radical (unpaired) electrons. The minimum Gasteiger partial charge on any atom is -0.497 e. The van der Waals surface area contributed by atoms with Crippen LogP contribution in [0, 0.1) is 17.2 Å². The Labute approximate surface area is 171 Å². The maximum absolute atomic E-state index is 12.7. The molecule has 0 saturated heterocycles. The van der Waals surface area contributed by atoms with Gasteiger partial charge < -0.3 is 10.1 Å². The zero-order valence-electron chi connectivity index (χ0n) is 16.9. The monoisotopic (exact) mass is 397 g/mol. The second kappa shape index (κ2) is 10.7. The SMILES string of the molecule is CCC(Sc1nc(CC(C)C)ccc1C#N)C(=O)NCc1ccc(OC)cc1. The topological polar surface area (TPSA) is 75.0 Å². The molecule has 1 aromatic carbocycles. The molecule has 1 N–H and O–H groups in total. The molecule has 0 spiro atoms. The third-order valence-electron chi connectivity index (χ3n) is 4.20. The molecule has 1 atom stereocenters. The van der Waals surface area contributed by atoms with Gasteiger partial charge in [-0.3, -0.25) is 4.79 Å². The molecule has 148 valence electrons. The van der Waals surface area contributed by atoms with Gasteiger partial charge in [-0.1, -0.05) is 44.7 Å². The van der Waals surface area contributed by atoms with Crippen LogP contribution in [-0.4, -0.2) is 23.3 Å². The number of carbonyl (C=O) groups excluding carboxylic acids is 1. The lowest BCUT2D eigenvalue weighted by atomic mass is 10.1. The Kier molecular flexibility index (Phi) is 8.34. The van der Waals surface area contributed by atoms with Gasteiger partial charge in [-0.05, 0) is 48.6 Å². The number of hydrogen-bond donors (Lipinski definition) is 1. The van der Waals surface area contributed by atoms with Crippen LogP contribution in [0.2, 0.25) is 0 Å². The molecule has 0 bridgehead atoms. The predicted octanol–water partition coefficient (Wildman–Crippen LogP) is 4.35. The summed E-state index contributed by atoms with van der Waals surface area (Å²) in [7, 11) is 1.62. The van der Waals surface area contributed by atoms with Crippen molar-refractivity contribution in [2.75, 3.05) is 7.11 Å².